The van der Waals surface area contributed by atoms with Gasteiger partial charge in [0.15, 0.2) is 0 Å². The van der Waals surface area contributed by atoms with Gasteiger partial charge in [0.05, 0.1) is 0 Å². The maximum Gasteiger partial charge on any atom is 0.0277 e. The second kappa shape index (κ2) is 6.27. The Kier molecular flexibility index (Phi) is 4.93. The molecule has 1 nitrogen and oxygen atoms in total. The topological polar surface area (TPSA) is 26.0 Å². The minimum absolute atomic E-state index is 0.769. The molecule has 0 heterocycles. The van der Waals surface area contributed by atoms with Crippen molar-refractivity contribution in [3.8, 4) is 11.8 Å². The summed E-state index contributed by atoms with van der Waals surface area (Å²) in [7, 11) is 0. The quantitative estimate of drug-likeness (QED) is 0.590. The van der Waals surface area contributed by atoms with Crippen molar-refractivity contribution >= 4 is 0 Å². The van der Waals surface area contributed by atoms with Gasteiger partial charge in [0.1, 0.15) is 0 Å². The van der Waals surface area contributed by atoms with Gasteiger partial charge in [0.2, 0.25) is 0 Å². The number of hydrogen-bond acceptors (Lipinski definition) is 1. The van der Waals surface area contributed by atoms with Crippen LogP contribution in [0.2, 0.25) is 0 Å². The van der Waals surface area contributed by atoms with Crippen LogP contribution in [-0.2, 0) is 0 Å². The first-order valence-electron chi connectivity index (χ1n) is 5.51. The summed E-state index contributed by atoms with van der Waals surface area (Å²) in [5.41, 5.74) is 9.18. The van der Waals surface area contributed by atoms with Crippen molar-refractivity contribution in [2.75, 3.05) is 6.54 Å². The van der Waals surface area contributed by atoms with Gasteiger partial charge in [-0.1, -0.05) is 24.0 Å². The summed E-state index contributed by atoms with van der Waals surface area (Å²) >= 11 is 0. The highest BCUT2D eigenvalue weighted by molar-refractivity contribution is 5.44. The number of nitrogens with two attached hydrogens (primary N) is 1. The third kappa shape index (κ3) is 3.77. The SMILES string of the molecule is Cc1cccc(C#CCCCCN)c1C. The van der Waals surface area contributed by atoms with Crippen LogP contribution >= 0.6 is 0 Å². The van der Waals surface area contributed by atoms with Gasteiger partial charge in [-0.25, -0.2) is 0 Å². The monoisotopic (exact) mass is 201 g/mol. The third-order valence-electron chi connectivity index (χ3n) is 2.58. The van der Waals surface area contributed by atoms with E-state index in [9.17, 15) is 0 Å². The van der Waals surface area contributed by atoms with E-state index in [1.54, 1.807) is 0 Å². The van der Waals surface area contributed by atoms with Crippen molar-refractivity contribution in [3.63, 3.8) is 0 Å². The van der Waals surface area contributed by atoms with E-state index >= 15 is 0 Å². The predicted octanol–water partition coefficient (Wildman–Crippen LogP) is 2.78. The Morgan fingerprint density at radius 3 is 2.73 bits per heavy atom. The molecule has 1 aromatic rings. The van der Waals surface area contributed by atoms with E-state index in [0.29, 0.717) is 0 Å². The summed E-state index contributed by atoms with van der Waals surface area (Å²) in [5.74, 6) is 6.42. The fraction of sp³-hybridized carbons (Fsp3) is 0.429. The van der Waals surface area contributed by atoms with Crippen molar-refractivity contribution in [3.05, 3.63) is 34.9 Å². The largest absolute Gasteiger partial charge is 0.330 e. The van der Waals surface area contributed by atoms with Gasteiger partial charge in [-0.15, -0.1) is 0 Å². The Labute approximate surface area is 92.7 Å². The minimum atomic E-state index is 0.769. The lowest BCUT2D eigenvalue weighted by Crippen LogP contribution is -1.97. The molecule has 0 bridgehead atoms. The Morgan fingerprint density at radius 1 is 1.20 bits per heavy atom. The standard InChI is InChI=1S/C14H19N/c1-12-8-7-10-14(13(12)2)9-5-3-4-6-11-15/h7-8,10H,3-4,6,11,15H2,1-2H3. The average Bonchev–Trinajstić information content (AvgIpc) is 2.24. The van der Waals surface area contributed by atoms with E-state index in [4.69, 9.17) is 5.73 Å². The molecule has 15 heavy (non-hydrogen) atoms. The Hall–Kier alpha value is -1.26. The van der Waals surface area contributed by atoms with Crippen LogP contribution in [0, 0.1) is 25.7 Å². The number of hydrogen-bond donors (Lipinski definition) is 1. The number of unbranched alkanes of at least 4 members (excludes halogenated alkanes) is 2. The molecule has 0 unspecified atom stereocenters. The summed E-state index contributed by atoms with van der Waals surface area (Å²) < 4.78 is 0. The van der Waals surface area contributed by atoms with E-state index in [0.717, 1.165) is 31.4 Å². The normalized spacial score (nSPS) is 9.53. The van der Waals surface area contributed by atoms with Gasteiger partial charge in [-0.05, 0) is 50.4 Å². The van der Waals surface area contributed by atoms with Gasteiger partial charge in [0.25, 0.3) is 0 Å². The fourth-order valence-corrected chi connectivity index (χ4v) is 1.40. The molecule has 0 atom stereocenters. The molecule has 0 saturated heterocycles. The fourth-order valence-electron chi connectivity index (χ4n) is 1.40. The van der Waals surface area contributed by atoms with Crippen LogP contribution in [0.25, 0.3) is 0 Å². The molecule has 0 radical (unpaired) electrons. The van der Waals surface area contributed by atoms with Gasteiger partial charge in [-0.2, -0.15) is 0 Å². The summed E-state index contributed by atoms with van der Waals surface area (Å²) in [5, 5.41) is 0. The van der Waals surface area contributed by atoms with E-state index < -0.39 is 0 Å². The summed E-state index contributed by atoms with van der Waals surface area (Å²) in [6, 6.07) is 6.26. The molecule has 0 fully saturated rings. The smallest absolute Gasteiger partial charge is 0.0277 e. The van der Waals surface area contributed by atoms with Gasteiger partial charge in [0, 0.05) is 12.0 Å². The van der Waals surface area contributed by atoms with Crippen LogP contribution < -0.4 is 5.73 Å². The van der Waals surface area contributed by atoms with Crippen LogP contribution in [0.1, 0.15) is 36.0 Å². The zero-order valence-electron chi connectivity index (χ0n) is 9.64. The summed E-state index contributed by atoms with van der Waals surface area (Å²) in [6.45, 7) is 5.01. The lowest BCUT2D eigenvalue weighted by Gasteiger charge is -2.01. The zero-order valence-corrected chi connectivity index (χ0v) is 9.64. The molecule has 0 spiro atoms. The molecular formula is C14H19N. The zero-order chi connectivity index (χ0) is 11.1. The van der Waals surface area contributed by atoms with Crippen LogP contribution in [-0.4, -0.2) is 6.54 Å². The lowest BCUT2D eigenvalue weighted by atomic mass is 10.0. The minimum Gasteiger partial charge on any atom is -0.330 e. The molecule has 2 N–H and O–H groups in total. The van der Waals surface area contributed by atoms with Crippen LogP contribution in [0.4, 0.5) is 0 Å². The predicted molar refractivity (Wildman–Crippen MR) is 65.7 cm³/mol. The van der Waals surface area contributed by atoms with E-state index in [2.05, 4.69) is 43.9 Å². The van der Waals surface area contributed by atoms with E-state index in [1.807, 2.05) is 0 Å². The van der Waals surface area contributed by atoms with Gasteiger partial charge >= 0.3 is 0 Å². The molecule has 1 rings (SSSR count). The van der Waals surface area contributed by atoms with Crippen LogP contribution in [0.3, 0.4) is 0 Å². The molecular weight excluding hydrogens is 182 g/mol. The molecule has 1 aromatic carbocycles. The molecule has 0 aromatic heterocycles. The molecule has 0 aliphatic rings. The van der Waals surface area contributed by atoms with Crippen molar-refractivity contribution in [2.45, 2.75) is 33.1 Å². The summed E-state index contributed by atoms with van der Waals surface area (Å²) in [4.78, 5) is 0. The average molecular weight is 201 g/mol. The Balaban J connectivity index is 2.60. The van der Waals surface area contributed by atoms with Crippen molar-refractivity contribution < 1.29 is 0 Å². The van der Waals surface area contributed by atoms with E-state index in [1.165, 1.54) is 11.1 Å². The first-order valence-corrected chi connectivity index (χ1v) is 5.51. The molecule has 1 heteroatoms. The van der Waals surface area contributed by atoms with Crippen LogP contribution in [0.5, 0.6) is 0 Å². The highest BCUT2D eigenvalue weighted by Gasteiger charge is 1.95. The molecule has 0 aliphatic heterocycles. The third-order valence-corrected chi connectivity index (χ3v) is 2.58. The van der Waals surface area contributed by atoms with Crippen molar-refractivity contribution in [1.29, 1.82) is 0 Å². The maximum atomic E-state index is 5.42. The number of benzene rings is 1. The van der Waals surface area contributed by atoms with E-state index in [-0.39, 0.29) is 0 Å². The number of rotatable bonds is 3. The first-order chi connectivity index (χ1) is 7.25. The second-order valence-electron chi connectivity index (χ2n) is 3.80. The van der Waals surface area contributed by atoms with Gasteiger partial charge < -0.3 is 5.73 Å². The molecule has 0 saturated carbocycles. The lowest BCUT2D eigenvalue weighted by molar-refractivity contribution is 0.768. The second-order valence-corrected chi connectivity index (χ2v) is 3.80. The first kappa shape index (κ1) is 11.8. The summed E-state index contributed by atoms with van der Waals surface area (Å²) in [6.07, 6.45) is 3.13. The molecule has 0 aliphatic carbocycles. The van der Waals surface area contributed by atoms with Gasteiger partial charge in [-0.3, -0.25) is 0 Å². The Bertz CT molecular complexity index is 369. The Morgan fingerprint density at radius 2 is 2.00 bits per heavy atom. The molecule has 80 valence electrons. The van der Waals surface area contributed by atoms with Crippen molar-refractivity contribution in [2.24, 2.45) is 5.73 Å². The van der Waals surface area contributed by atoms with Crippen molar-refractivity contribution in [1.82, 2.24) is 0 Å². The number of aryl methyl sites for hydroxylation is 1. The van der Waals surface area contributed by atoms with Crippen LogP contribution in [0.15, 0.2) is 18.2 Å². The molecule has 0 amide bonds. The highest BCUT2D eigenvalue weighted by atomic mass is 14.5. The maximum absolute atomic E-state index is 5.42. The highest BCUT2D eigenvalue weighted by Crippen LogP contribution is 2.11.